The number of ether oxygens (including phenoxy) is 1. The van der Waals surface area contributed by atoms with E-state index >= 15 is 0 Å². The number of fused-ring (bicyclic) bond motifs is 1. The molecule has 2 aromatic rings. The molecule has 0 aliphatic rings. The largest absolute Gasteiger partial charge is 0.464 e. The lowest BCUT2D eigenvalue weighted by atomic mass is 10.0. The first-order valence-electron chi connectivity index (χ1n) is 5.95. The second kappa shape index (κ2) is 5.83. The summed E-state index contributed by atoms with van der Waals surface area (Å²) in [5.74, 6) is -0.638. The first kappa shape index (κ1) is 14.2. The number of rotatable bonds is 3. The first-order valence-corrected chi connectivity index (χ1v) is 7.03. The maximum Gasteiger partial charge on any atom is 0.339 e. The molecule has 0 radical (unpaired) electrons. The summed E-state index contributed by atoms with van der Waals surface area (Å²) in [6, 6.07) is 7.64. The molecule has 1 atom stereocenters. The summed E-state index contributed by atoms with van der Waals surface area (Å²) in [6.07, 6.45) is -1.29. The minimum atomic E-state index is -1.29. The fourth-order valence-corrected chi connectivity index (χ4v) is 3.10. The molecule has 1 N–H and O–H groups in total. The lowest BCUT2D eigenvalue weighted by Crippen LogP contribution is -2.18. The van der Waals surface area contributed by atoms with Crippen molar-refractivity contribution in [3.8, 4) is 0 Å². The summed E-state index contributed by atoms with van der Waals surface area (Å²) < 4.78 is 5.69. The van der Waals surface area contributed by atoms with Crippen LogP contribution in [0.2, 0.25) is 0 Å². The molecule has 1 heterocycles. The van der Waals surface area contributed by atoms with Gasteiger partial charge in [0.15, 0.2) is 6.10 Å². The lowest BCUT2D eigenvalue weighted by Gasteiger charge is -2.15. The Morgan fingerprint density at radius 3 is 2.84 bits per heavy atom. The molecule has 0 saturated heterocycles. The van der Waals surface area contributed by atoms with E-state index in [4.69, 9.17) is 4.74 Å². The number of carbonyl (C=O) groups is 1. The quantitative estimate of drug-likeness (QED) is 0.666. The van der Waals surface area contributed by atoms with Gasteiger partial charge < -0.3 is 9.84 Å². The Bertz CT molecular complexity index is 627. The van der Waals surface area contributed by atoms with Crippen molar-refractivity contribution in [1.82, 2.24) is 4.98 Å². The van der Waals surface area contributed by atoms with Gasteiger partial charge in [0.2, 0.25) is 0 Å². The highest BCUT2D eigenvalue weighted by Crippen LogP contribution is 2.29. The number of aliphatic hydroxyl groups is 1. The standard InChI is InChI=1S/C14H14INO3/c1-3-19-14(18)13(17)11-8(2)16-10-7-5-4-6-9(10)12(11)15/h4-7,13,17H,3H2,1-2H3. The van der Waals surface area contributed by atoms with Crippen molar-refractivity contribution in [2.24, 2.45) is 0 Å². The number of para-hydroxylation sites is 1. The third-order valence-electron chi connectivity index (χ3n) is 2.84. The van der Waals surface area contributed by atoms with Crippen LogP contribution in [0.15, 0.2) is 24.3 Å². The van der Waals surface area contributed by atoms with Crippen molar-refractivity contribution in [2.75, 3.05) is 6.61 Å². The van der Waals surface area contributed by atoms with Crippen molar-refractivity contribution in [3.05, 3.63) is 39.1 Å². The second-order valence-corrected chi connectivity index (χ2v) is 5.18. The number of halogens is 1. The highest BCUT2D eigenvalue weighted by molar-refractivity contribution is 14.1. The number of esters is 1. The van der Waals surface area contributed by atoms with Crippen molar-refractivity contribution < 1.29 is 14.6 Å². The summed E-state index contributed by atoms with van der Waals surface area (Å²) in [4.78, 5) is 16.1. The van der Waals surface area contributed by atoms with Crippen molar-refractivity contribution in [3.63, 3.8) is 0 Å². The highest BCUT2D eigenvalue weighted by atomic mass is 127. The van der Waals surface area contributed by atoms with Crippen LogP contribution in [0.25, 0.3) is 10.9 Å². The van der Waals surface area contributed by atoms with Gasteiger partial charge in [-0.2, -0.15) is 0 Å². The fourth-order valence-electron chi connectivity index (χ4n) is 1.96. The Hall–Kier alpha value is -1.21. The zero-order valence-electron chi connectivity index (χ0n) is 10.7. The Labute approximate surface area is 124 Å². The van der Waals surface area contributed by atoms with Gasteiger partial charge in [0, 0.05) is 20.2 Å². The Morgan fingerprint density at radius 1 is 1.47 bits per heavy atom. The third kappa shape index (κ3) is 2.71. The maximum atomic E-state index is 11.7. The van der Waals surface area contributed by atoms with Gasteiger partial charge in [-0.1, -0.05) is 18.2 Å². The minimum Gasteiger partial charge on any atom is -0.464 e. The van der Waals surface area contributed by atoms with Gasteiger partial charge >= 0.3 is 5.97 Å². The Balaban J connectivity index is 2.57. The molecular weight excluding hydrogens is 357 g/mol. The molecule has 2 rings (SSSR count). The number of aliphatic hydroxyl groups excluding tert-OH is 1. The van der Waals surface area contributed by atoms with Gasteiger partial charge in [-0.25, -0.2) is 4.79 Å². The van der Waals surface area contributed by atoms with E-state index in [1.54, 1.807) is 13.8 Å². The molecule has 19 heavy (non-hydrogen) atoms. The SMILES string of the molecule is CCOC(=O)C(O)c1c(C)nc2ccccc2c1I. The molecule has 100 valence electrons. The van der Waals surface area contributed by atoms with Gasteiger partial charge in [-0.15, -0.1) is 0 Å². The van der Waals surface area contributed by atoms with Crippen LogP contribution < -0.4 is 0 Å². The summed E-state index contributed by atoms with van der Waals surface area (Å²) in [5.41, 5.74) is 2.02. The number of hydrogen-bond acceptors (Lipinski definition) is 4. The Morgan fingerprint density at radius 2 is 2.16 bits per heavy atom. The summed E-state index contributed by atoms with van der Waals surface area (Å²) in [7, 11) is 0. The van der Waals surface area contributed by atoms with Gasteiger partial charge in [0.05, 0.1) is 12.1 Å². The summed E-state index contributed by atoms with van der Waals surface area (Å²) in [6.45, 7) is 3.74. The van der Waals surface area contributed by atoms with Gasteiger partial charge in [-0.3, -0.25) is 4.98 Å². The molecule has 0 bridgehead atoms. The van der Waals surface area contributed by atoms with Gasteiger partial charge in [0.1, 0.15) is 0 Å². The summed E-state index contributed by atoms with van der Waals surface area (Å²) in [5, 5.41) is 11.0. The van der Waals surface area contributed by atoms with E-state index in [0.717, 1.165) is 14.5 Å². The van der Waals surface area contributed by atoms with Crippen LogP contribution in [0, 0.1) is 10.5 Å². The number of nitrogens with zero attached hydrogens (tertiary/aromatic N) is 1. The number of pyridine rings is 1. The predicted octanol–water partition coefficient (Wildman–Crippen LogP) is 2.74. The fraction of sp³-hybridized carbons (Fsp3) is 0.286. The first-order chi connectivity index (χ1) is 9.06. The van der Waals surface area contributed by atoms with Crippen LogP contribution in [0.3, 0.4) is 0 Å². The highest BCUT2D eigenvalue weighted by Gasteiger charge is 2.25. The average molecular weight is 371 g/mol. The number of aryl methyl sites for hydroxylation is 1. The third-order valence-corrected chi connectivity index (χ3v) is 4.00. The van der Waals surface area contributed by atoms with Crippen molar-refractivity contribution >= 4 is 39.5 Å². The maximum absolute atomic E-state index is 11.7. The minimum absolute atomic E-state index is 0.243. The predicted molar refractivity (Wildman–Crippen MR) is 80.8 cm³/mol. The summed E-state index contributed by atoms with van der Waals surface area (Å²) >= 11 is 2.13. The number of carbonyl (C=O) groups excluding carboxylic acids is 1. The zero-order chi connectivity index (χ0) is 14.0. The molecule has 4 nitrogen and oxygen atoms in total. The van der Waals surface area contributed by atoms with E-state index in [9.17, 15) is 9.90 Å². The van der Waals surface area contributed by atoms with Crippen LogP contribution in [0.1, 0.15) is 24.3 Å². The van der Waals surface area contributed by atoms with E-state index in [2.05, 4.69) is 27.6 Å². The molecule has 0 spiro atoms. The molecule has 0 aliphatic carbocycles. The van der Waals surface area contributed by atoms with Crippen molar-refractivity contribution in [2.45, 2.75) is 20.0 Å². The number of hydrogen-bond donors (Lipinski definition) is 1. The molecule has 5 heteroatoms. The number of aromatic nitrogens is 1. The van der Waals surface area contributed by atoms with E-state index in [-0.39, 0.29) is 6.61 Å². The smallest absolute Gasteiger partial charge is 0.339 e. The van der Waals surface area contributed by atoms with Gasteiger partial charge in [-0.05, 0) is 42.5 Å². The lowest BCUT2D eigenvalue weighted by molar-refractivity contribution is -0.153. The molecule has 0 aliphatic heterocycles. The molecule has 1 aromatic carbocycles. The van der Waals surface area contributed by atoms with E-state index in [1.165, 1.54) is 0 Å². The topological polar surface area (TPSA) is 59.4 Å². The second-order valence-electron chi connectivity index (χ2n) is 4.10. The Kier molecular flexibility index (Phi) is 4.36. The molecular formula is C14H14INO3. The van der Waals surface area contributed by atoms with Crippen LogP contribution in [-0.4, -0.2) is 22.7 Å². The van der Waals surface area contributed by atoms with E-state index in [1.807, 2.05) is 24.3 Å². The molecule has 0 fully saturated rings. The number of benzene rings is 1. The molecule has 0 amide bonds. The van der Waals surface area contributed by atoms with Gasteiger partial charge in [0.25, 0.3) is 0 Å². The monoisotopic (exact) mass is 371 g/mol. The normalized spacial score (nSPS) is 12.4. The van der Waals surface area contributed by atoms with E-state index in [0.29, 0.717) is 11.3 Å². The average Bonchev–Trinajstić information content (AvgIpc) is 2.38. The van der Waals surface area contributed by atoms with Crippen LogP contribution >= 0.6 is 22.6 Å². The van der Waals surface area contributed by atoms with Crippen LogP contribution in [0.5, 0.6) is 0 Å². The zero-order valence-corrected chi connectivity index (χ0v) is 12.8. The van der Waals surface area contributed by atoms with E-state index < -0.39 is 12.1 Å². The van der Waals surface area contributed by atoms with Crippen LogP contribution in [0.4, 0.5) is 0 Å². The molecule has 1 unspecified atom stereocenters. The molecule has 1 aromatic heterocycles. The van der Waals surface area contributed by atoms with Crippen molar-refractivity contribution in [1.29, 1.82) is 0 Å². The van der Waals surface area contributed by atoms with Crippen LogP contribution in [-0.2, 0) is 9.53 Å². The molecule has 0 saturated carbocycles.